The first-order chi connectivity index (χ1) is 7.84. The van der Waals surface area contributed by atoms with Gasteiger partial charge in [0, 0.05) is 26.2 Å². The summed E-state index contributed by atoms with van der Waals surface area (Å²) >= 11 is 0. The van der Waals surface area contributed by atoms with E-state index < -0.39 is 0 Å². The number of hydrogen-bond acceptors (Lipinski definition) is 7. The van der Waals surface area contributed by atoms with Crippen molar-refractivity contribution in [2.45, 2.75) is 25.8 Å². The van der Waals surface area contributed by atoms with Crippen LogP contribution in [0.4, 0.5) is 17.8 Å². The van der Waals surface area contributed by atoms with Gasteiger partial charge in [0.05, 0.1) is 0 Å². The molecule has 0 fully saturated rings. The Labute approximate surface area is 101 Å². The van der Waals surface area contributed by atoms with Crippen LogP contribution in [0.3, 0.4) is 0 Å². The molecule has 4 N–H and O–H groups in total. The monoisotopic (exact) mass is 240 g/mol. The van der Waals surface area contributed by atoms with Crippen LogP contribution in [-0.4, -0.2) is 46.3 Å². The third kappa shape index (κ3) is 4.03. The minimum atomic E-state index is -0.299. The number of aliphatic hydroxyl groups is 1. The molecule has 0 amide bonds. The largest absolute Gasteiger partial charge is 0.396 e. The lowest BCUT2D eigenvalue weighted by atomic mass is 10.0. The van der Waals surface area contributed by atoms with Gasteiger partial charge in [0.15, 0.2) is 0 Å². The van der Waals surface area contributed by atoms with Gasteiger partial charge in [-0.1, -0.05) is 0 Å². The quantitative estimate of drug-likeness (QED) is 0.670. The summed E-state index contributed by atoms with van der Waals surface area (Å²) in [6, 6.07) is 0. The molecule has 0 spiro atoms. The molecule has 0 aromatic carbocycles. The van der Waals surface area contributed by atoms with E-state index in [1.54, 1.807) is 4.90 Å². The second-order valence-corrected chi connectivity index (χ2v) is 4.69. The molecule has 96 valence electrons. The highest BCUT2D eigenvalue weighted by atomic mass is 16.3. The van der Waals surface area contributed by atoms with E-state index in [4.69, 9.17) is 10.8 Å². The van der Waals surface area contributed by atoms with Gasteiger partial charge in [-0.15, -0.1) is 0 Å². The number of nitrogen functional groups attached to an aromatic ring is 1. The predicted octanol–water partition coefficient (Wildman–Crippen LogP) is 0.0927. The summed E-state index contributed by atoms with van der Waals surface area (Å²) in [7, 11) is 3.66. The summed E-state index contributed by atoms with van der Waals surface area (Å²) in [5.41, 5.74) is 5.31. The number of aromatic nitrogens is 3. The highest BCUT2D eigenvalue weighted by Crippen LogP contribution is 2.16. The minimum Gasteiger partial charge on any atom is -0.396 e. The zero-order chi connectivity index (χ0) is 13.1. The van der Waals surface area contributed by atoms with E-state index in [0.29, 0.717) is 18.3 Å². The lowest BCUT2D eigenvalue weighted by Crippen LogP contribution is -2.33. The van der Waals surface area contributed by atoms with E-state index in [-0.39, 0.29) is 18.1 Å². The fourth-order valence-electron chi connectivity index (χ4n) is 1.28. The average molecular weight is 240 g/mol. The van der Waals surface area contributed by atoms with Gasteiger partial charge in [-0.2, -0.15) is 15.0 Å². The van der Waals surface area contributed by atoms with Crippen molar-refractivity contribution in [1.29, 1.82) is 0 Å². The number of anilines is 3. The molecule has 1 aromatic heterocycles. The molecular weight excluding hydrogens is 220 g/mol. The Balaban J connectivity index is 2.91. The fourth-order valence-corrected chi connectivity index (χ4v) is 1.28. The van der Waals surface area contributed by atoms with E-state index in [1.165, 1.54) is 0 Å². The third-order valence-electron chi connectivity index (χ3n) is 2.23. The molecule has 0 unspecified atom stereocenters. The number of aliphatic hydroxyl groups excluding tert-OH is 1. The van der Waals surface area contributed by atoms with Crippen LogP contribution >= 0.6 is 0 Å². The topological polar surface area (TPSA) is 100 Å². The van der Waals surface area contributed by atoms with Gasteiger partial charge < -0.3 is 21.1 Å². The first-order valence-corrected chi connectivity index (χ1v) is 5.42. The van der Waals surface area contributed by atoms with Crippen LogP contribution in [0.5, 0.6) is 0 Å². The average Bonchev–Trinajstić information content (AvgIpc) is 2.15. The first kappa shape index (κ1) is 13.4. The van der Waals surface area contributed by atoms with Crippen LogP contribution < -0.4 is 16.0 Å². The summed E-state index contributed by atoms with van der Waals surface area (Å²) in [6.45, 7) is 4.01. The summed E-state index contributed by atoms with van der Waals surface area (Å²) < 4.78 is 0. The van der Waals surface area contributed by atoms with Crippen molar-refractivity contribution in [3.8, 4) is 0 Å². The number of hydrogen-bond donors (Lipinski definition) is 3. The first-order valence-electron chi connectivity index (χ1n) is 5.42. The molecule has 0 saturated heterocycles. The highest BCUT2D eigenvalue weighted by molar-refractivity contribution is 5.41. The maximum Gasteiger partial charge on any atom is 0.231 e. The SMILES string of the molecule is CN(C)c1nc(N)nc(NC(C)(C)CCO)n1. The zero-order valence-corrected chi connectivity index (χ0v) is 10.7. The summed E-state index contributed by atoms with van der Waals surface area (Å²) in [5, 5.41) is 12.1. The molecule has 0 atom stereocenters. The third-order valence-corrected chi connectivity index (χ3v) is 2.23. The molecule has 0 bridgehead atoms. The second-order valence-electron chi connectivity index (χ2n) is 4.69. The van der Waals surface area contributed by atoms with Crippen LogP contribution in [0.25, 0.3) is 0 Å². The summed E-state index contributed by atoms with van der Waals surface area (Å²) in [6.07, 6.45) is 0.593. The van der Waals surface area contributed by atoms with Gasteiger partial charge in [0.1, 0.15) is 0 Å². The maximum atomic E-state index is 8.95. The molecular formula is C10H20N6O. The summed E-state index contributed by atoms with van der Waals surface area (Å²) in [5.74, 6) is 1.09. The molecule has 0 radical (unpaired) electrons. The highest BCUT2D eigenvalue weighted by Gasteiger charge is 2.19. The molecule has 7 nitrogen and oxygen atoms in total. The van der Waals surface area contributed by atoms with Gasteiger partial charge in [0.25, 0.3) is 0 Å². The van der Waals surface area contributed by atoms with Gasteiger partial charge in [0.2, 0.25) is 17.8 Å². The van der Waals surface area contributed by atoms with E-state index in [9.17, 15) is 0 Å². The van der Waals surface area contributed by atoms with Gasteiger partial charge >= 0.3 is 0 Å². The number of nitrogens with one attached hydrogen (secondary N) is 1. The van der Waals surface area contributed by atoms with E-state index in [2.05, 4.69) is 20.3 Å². The Morgan fingerprint density at radius 3 is 2.47 bits per heavy atom. The lowest BCUT2D eigenvalue weighted by molar-refractivity contribution is 0.260. The molecule has 7 heteroatoms. The smallest absolute Gasteiger partial charge is 0.231 e. The molecule has 1 heterocycles. The van der Waals surface area contributed by atoms with Crippen molar-refractivity contribution in [3.05, 3.63) is 0 Å². The summed E-state index contributed by atoms with van der Waals surface area (Å²) in [4.78, 5) is 14.0. The van der Waals surface area contributed by atoms with Crippen LogP contribution in [0.1, 0.15) is 20.3 Å². The fraction of sp³-hybridized carbons (Fsp3) is 0.700. The van der Waals surface area contributed by atoms with Gasteiger partial charge in [-0.05, 0) is 20.3 Å². The predicted molar refractivity (Wildman–Crippen MR) is 68.0 cm³/mol. The Bertz CT molecular complexity index is 379. The zero-order valence-electron chi connectivity index (χ0n) is 10.7. The van der Waals surface area contributed by atoms with E-state index >= 15 is 0 Å². The Morgan fingerprint density at radius 2 is 1.94 bits per heavy atom. The minimum absolute atomic E-state index is 0.0983. The Morgan fingerprint density at radius 1 is 1.29 bits per heavy atom. The number of nitrogens with zero attached hydrogens (tertiary/aromatic N) is 4. The Hall–Kier alpha value is -1.63. The molecule has 0 saturated carbocycles. The molecule has 17 heavy (non-hydrogen) atoms. The van der Waals surface area contributed by atoms with Crippen LogP contribution in [0.2, 0.25) is 0 Å². The number of rotatable bonds is 5. The molecule has 0 aliphatic heterocycles. The van der Waals surface area contributed by atoms with Crippen molar-refractivity contribution < 1.29 is 5.11 Å². The second kappa shape index (κ2) is 5.13. The van der Waals surface area contributed by atoms with E-state index in [0.717, 1.165) is 0 Å². The van der Waals surface area contributed by atoms with Crippen LogP contribution in [0, 0.1) is 0 Å². The Kier molecular flexibility index (Phi) is 4.06. The van der Waals surface area contributed by atoms with Gasteiger partial charge in [-0.25, -0.2) is 0 Å². The maximum absolute atomic E-state index is 8.95. The van der Waals surface area contributed by atoms with Crippen molar-refractivity contribution in [3.63, 3.8) is 0 Å². The standard InChI is InChI=1S/C10H20N6O/c1-10(2,5-6-17)15-8-12-7(11)13-9(14-8)16(3)4/h17H,5-6H2,1-4H3,(H3,11,12,13,14,15). The molecule has 0 aliphatic carbocycles. The molecule has 1 aromatic rings. The van der Waals surface area contributed by atoms with Crippen molar-refractivity contribution in [2.75, 3.05) is 36.7 Å². The normalized spacial score (nSPS) is 11.4. The van der Waals surface area contributed by atoms with Crippen molar-refractivity contribution >= 4 is 17.8 Å². The molecule has 0 aliphatic rings. The van der Waals surface area contributed by atoms with Crippen molar-refractivity contribution in [2.24, 2.45) is 0 Å². The van der Waals surface area contributed by atoms with Gasteiger partial charge in [-0.3, -0.25) is 0 Å². The van der Waals surface area contributed by atoms with Crippen LogP contribution in [-0.2, 0) is 0 Å². The van der Waals surface area contributed by atoms with Crippen LogP contribution in [0.15, 0.2) is 0 Å². The lowest BCUT2D eigenvalue weighted by Gasteiger charge is -2.25. The van der Waals surface area contributed by atoms with E-state index in [1.807, 2.05) is 27.9 Å². The van der Waals surface area contributed by atoms with Crippen molar-refractivity contribution in [1.82, 2.24) is 15.0 Å². The molecule has 1 rings (SSSR count). The number of nitrogens with two attached hydrogens (primary N) is 1.